The summed E-state index contributed by atoms with van der Waals surface area (Å²) in [6.45, 7) is 4.49. The summed E-state index contributed by atoms with van der Waals surface area (Å²) >= 11 is 0. The van der Waals surface area contributed by atoms with Crippen LogP contribution in [-0.2, 0) is 14.3 Å². The van der Waals surface area contributed by atoms with Gasteiger partial charge < -0.3 is 20.1 Å². The van der Waals surface area contributed by atoms with Gasteiger partial charge >= 0.3 is 12.1 Å². The second-order valence-corrected chi connectivity index (χ2v) is 10.8. The van der Waals surface area contributed by atoms with Crippen LogP contribution in [0.15, 0.2) is 48.5 Å². The third-order valence-electron chi connectivity index (χ3n) is 7.85. The van der Waals surface area contributed by atoms with Crippen molar-refractivity contribution in [2.75, 3.05) is 13.2 Å². The lowest BCUT2D eigenvalue weighted by Crippen LogP contribution is -2.67. The van der Waals surface area contributed by atoms with E-state index in [2.05, 4.69) is 29.6 Å². The van der Waals surface area contributed by atoms with E-state index in [4.69, 9.17) is 4.74 Å². The third kappa shape index (κ3) is 4.40. The SMILES string of the molecule is CC1(C)CN(C(=O)C[C@H]2CC[C@@H](NC(=O)OCC3c4ccccc4-c4ccccc43)C2)C1C(=O)O. The molecular weight excluding hydrogens is 444 g/mol. The first kappa shape index (κ1) is 23.4. The van der Waals surface area contributed by atoms with Crippen molar-refractivity contribution in [3.8, 4) is 11.1 Å². The van der Waals surface area contributed by atoms with Crippen LogP contribution in [0.3, 0.4) is 0 Å². The van der Waals surface area contributed by atoms with Crippen LogP contribution >= 0.6 is 0 Å². The molecule has 2 fully saturated rings. The van der Waals surface area contributed by atoms with E-state index in [1.165, 1.54) is 27.2 Å². The Morgan fingerprint density at radius 1 is 1.03 bits per heavy atom. The second kappa shape index (κ2) is 9.02. The zero-order valence-corrected chi connectivity index (χ0v) is 20.2. The fraction of sp³-hybridized carbons (Fsp3) is 0.464. The molecular formula is C28H32N2O5. The highest BCUT2D eigenvalue weighted by molar-refractivity contribution is 5.86. The molecule has 1 saturated heterocycles. The molecule has 1 unspecified atom stereocenters. The molecule has 2 aliphatic carbocycles. The Bertz CT molecular complexity index is 1110. The molecule has 0 radical (unpaired) electrons. The highest BCUT2D eigenvalue weighted by Gasteiger charge is 2.52. The first-order chi connectivity index (χ1) is 16.7. The maximum absolute atomic E-state index is 12.7. The number of hydrogen-bond acceptors (Lipinski definition) is 4. The predicted octanol–water partition coefficient (Wildman–Crippen LogP) is 4.41. The smallest absolute Gasteiger partial charge is 0.407 e. The number of hydrogen-bond donors (Lipinski definition) is 2. The van der Waals surface area contributed by atoms with Crippen LogP contribution in [0.4, 0.5) is 4.79 Å². The number of carbonyl (C=O) groups is 3. The largest absolute Gasteiger partial charge is 0.480 e. The van der Waals surface area contributed by atoms with Crippen molar-refractivity contribution in [3.05, 3.63) is 59.7 Å². The van der Waals surface area contributed by atoms with E-state index in [9.17, 15) is 19.5 Å². The number of ether oxygens (including phenoxy) is 1. The average molecular weight is 477 g/mol. The van der Waals surface area contributed by atoms with Crippen LogP contribution in [-0.4, -0.2) is 53.2 Å². The Morgan fingerprint density at radius 2 is 1.66 bits per heavy atom. The third-order valence-corrected chi connectivity index (χ3v) is 7.85. The molecule has 7 heteroatoms. The van der Waals surface area contributed by atoms with Crippen LogP contribution in [0.2, 0.25) is 0 Å². The van der Waals surface area contributed by atoms with E-state index in [0.717, 1.165) is 12.8 Å². The normalized spacial score (nSPS) is 24.3. The monoisotopic (exact) mass is 476 g/mol. The number of rotatable bonds is 6. The van der Waals surface area contributed by atoms with Gasteiger partial charge in [0.25, 0.3) is 0 Å². The summed E-state index contributed by atoms with van der Waals surface area (Å²) in [7, 11) is 0. The van der Waals surface area contributed by atoms with Crippen molar-refractivity contribution in [2.24, 2.45) is 11.3 Å². The maximum Gasteiger partial charge on any atom is 0.407 e. The summed E-state index contributed by atoms with van der Waals surface area (Å²) in [6.07, 6.45) is 2.21. The Balaban J connectivity index is 1.11. The first-order valence-corrected chi connectivity index (χ1v) is 12.4. The fourth-order valence-corrected chi connectivity index (χ4v) is 6.19. The lowest BCUT2D eigenvalue weighted by molar-refractivity contribution is -0.172. The van der Waals surface area contributed by atoms with E-state index in [1.807, 2.05) is 38.1 Å². The standard InChI is InChI=1S/C28H32N2O5/c1-28(2)16-30(25(28)26(32)33)24(31)14-17-11-12-18(13-17)29-27(34)35-15-23-21-9-5-3-7-19(21)20-8-4-6-10-22(20)23/h3-10,17-18,23,25H,11-16H2,1-2H3,(H,29,34)(H,32,33)/t17-,18+,25?/m0/s1. The number of carboxylic acid groups (broad SMARTS) is 1. The number of nitrogens with zero attached hydrogens (tertiary/aromatic N) is 1. The van der Waals surface area contributed by atoms with E-state index in [-0.39, 0.29) is 30.4 Å². The van der Waals surface area contributed by atoms with Crippen LogP contribution in [0.5, 0.6) is 0 Å². The zero-order valence-electron chi connectivity index (χ0n) is 20.2. The number of carbonyl (C=O) groups excluding carboxylic acids is 2. The molecule has 2 aromatic rings. The highest BCUT2D eigenvalue weighted by atomic mass is 16.5. The summed E-state index contributed by atoms with van der Waals surface area (Å²) in [5.74, 6) is -0.899. The molecule has 5 rings (SSSR count). The number of carboxylic acids is 1. The molecule has 3 atom stereocenters. The number of benzene rings is 2. The predicted molar refractivity (Wildman–Crippen MR) is 131 cm³/mol. The summed E-state index contributed by atoms with van der Waals surface area (Å²) in [5.41, 5.74) is 4.34. The number of fused-ring (bicyclic) bond motifs is 3. The molecule has 0 spiro atoms. The summed E-state index contributed by atoms with van der Waals surface area (Å²) < 4.78 is 5.66. The van der Waals surface area contributed by atoms with E-state index in [1.54, 1.807) is 0 Å². The first-order valence-electron chi connectivity index (χ1n) is 12.4. The Hall–Kier alpha value is -3.35. The van der Waals surface area contributed by atoms with Crippen molar-refractivity contribution in [3.63, 3.8) is 0 Å². The number of amides is 2. The van der Waals surface area contributed by atoms with Gasteiger partial charge in [0, 0.05) is 30.3 Å². The topological polar surface area (TPSA) is 95.9 Å². The van der Waals surface area contributed by atoms with Crippen LogP contribution < -0.4 is 5.32 Å². The van der Waals surface area contributed by atoms with Gasteiger partial charge in [-0.3, -0.25) is 4.79 Å². The van der Waals surface area contributed by atoms with Gasteiger partial charge in [0.15, 0.2) is 0 Å². The average Bonchev–Trinajstić information content (AvgIpc) is 3.37. The number of aliphatic carboxylic acids is 1. The summed E-state index contributed by atoms with van der Waals surface area (Å²) in [5, 5.41) is 12.4. The van der Waals surface area contributed by atoms with Gasteiger partial charge in [-0.1, -0.05) is 62.4 Å². The van der Waals surface area contributed by atoms with Gasteiger partial charge in [-0.05, 0) is 47.4 Å². The van der Waals surface area contributed by atoms with Crippen molar-refractivity contribution in [2.45, 2.75) is 57.5 Å². The Labute approximate surface area is 205 Å². The Kier molecular flexibility index (Phi) is 6.03. The number of likely N-dealkylation sites (tertiary alicyclic amines) is 1. The van der Waals surface area contributed by atoms with Crippen LogP contribution in [0.1, 0.15) is 56.6 Å². The minimum absolute atomic E-state index is 0.0186. The number of nitrogens with one attached hydrogen (secondary N) is 1. The molecule has 1 aliphatic heterocycles. The molecule has 2 N–H and O–H groups in total. The summed E-state index contributed by atoms with van der Waals surface area (Å²) in [6, 6.07) is 15.7. The molecule has 0 aromatic heterocycles. The van der Waals surface area contributed by atoms with Crippen LogP contribution in [0.25, 0.3) is 11.1 Å². The van der Waals surface area contributed by atoms with Gasteiger partial charge in [-0.2, -0.15) is 0 Å². The molecule has 2 amide bonds. The lowest BCUT2D eigenvalue weighted by atomic mass is 9.74. The molecule has 1 heterocycles. The molecule has 35 heavy (non-hydrogen) atoms. The van der Waals surface area contributed by atoms with Crippen molar-refractivity contribution in [1.82, 2.24) is 10.2 Å². The van der Waals surface area contributed by atoms with Gasteiger partial charge in [0.05, 0.1) is 0 Å². The number of alkyl carbamates (subject to hydrolysis) is 1. The Morgan fingerprint density at radius 3 is 2.26 bits per heavy atom. The zero-order chi connectivity index (χ0) is 24.7. The van der Waals surface area contributed by atoms with E-state index < -0.39 is 23.5 Å². The van der Waals surface area contributed by atoms with E-state index >= 15 is 0 Å². The second-order valence-electron chi connectivity index (χ2n) is 10.8. The lowest BCUT2D eigenvalue weighted by Gasteiger charge is -2.51. The van der Waals surface area contributed by atoms with Crippen molar-refractivity contribution in [1.29, 1.82) is 0 Å². The van der Waals surface area contributed by atoms with Gasteiger partial charge in [-0.15, -0.1) is 0 Å². The van der Waals surface area contributed by atoms with Crippen molar-refractivity contribution >= 4 is 18.0 Å². The molecule has 2 aromatic carbocycles. The molecule has 1 saturated carbocycles. The summed E-state index contributed by atoms with van der Waals surface area (Å²) in [4.78, 5) is 38.3. The molecule has 184 valence electrons. The van der Waals surface area contributed by atoms with Crippen LogP contribution in [0, 0.1) is 11.3 Å². The molecule has 7 nitrogen and oxygen atoms in total. The molecule has 3 aliphatic rings. The van der Waals surface area contributed by atoms with Gasteiger partial charge in [0.1, 0.15) is 12.6 Å². The highest BCUT2D eigenvalue weighted by Crippen LogP contribution is 2.44. The fourth-order valence-electron chi connectivity index (χ4n) is 6.19. The van der Waals surface area contributed by atoms with Gasteiger partial charge in [0.2, 0.25) is 5.91 Å². The minimum Gasteiger partial charge on any atom is -0.480 e. The van der Waals surface area contributed by atoms with Gasteiger partial charge in [-0.25, -0.2) is 9.59 Å². The van der Waals surface area contributed by atoms with Crippen molar-refractivity contribution < 1.29 is 24.2 Å². The maximum atomic E-state index is 12.7. The minimum atomic E-state index is -0.948. The van der Waals surface area contributed by atoms with E-state index in [0.29, 0.717) is 19.4 Å². The quantitative estimate of drug-likeness (QED) is 0.644. The molecule has 0 bridgehead atoms.